The number of allylic oxidation sites excluding steroid dienone is 4. The molecule has 0 aliphatic rings. The summed E-state index contributed by atoms with van der Waals surface area (Å²) in [6, 6.07) is 0. The summed E-state index contributed by atoms with van der Waals surface area (Å²) in [7, 11) is 0. The molecule has 0 aromatic carbocycles. The minimum Gasteiger partial charge on any atom is -0.462 e. The second-order valence-corrected chi connectivity index (χ2v) is 24.9. The highest BCUT2D eigenvalue weighted by atomic mass is 16.6. The summed E-state index contributed by atoms with van der Waals surface area (Å²) in [6.07, 6.45) is 85.7. The number of esters is 3. The summed E-state index contributed by atoms with van der Waals surface area (Å²) >= 11 is 0. The molecule has 0 aromatic heterocycles. The van der Waals surface area contributed by atoms with Crippen molar-refractivity contribution in [2.75, 3.05) is 13.2 Å². The molecule has 0 saturated heterocycles. The molecule has 472 valence electrons. The summed E-state index contributed by atoms with van der Waals surface area (Å²) in [5.41, 5.74) is 0. The standard InChI is InChI=1S/C74H140O6/c1-4-7-10-13-15-17-19-21-23-25-27-29-31-33-35-36-37-38-39-41-42-44-46-48-50-52-54-56-58-61-64-67-73(76)79-70-71(69-78-72(75)66-63-60-12-9-6-3)80-74(77)68-65-62-59-57-55-53-51-49-47-45-43-40-34-32-30-28-26-24-22-20-18-16-14-11-8-5-2/h19,21,25,27,71H,4-18,20,22-24,26,28-70H2,1-3H3/b21-19-,27-25-. The van der Waals surface area contributed by atoms with Crippen LogP contribution in [0.25, 0.3) is 0 Å². The molecule has 0 spiro atoms. The molecule has 1 atom stereocenters. The van der Waals surface area contributed by atoms with Gasteiger partial charge in [0.25, 0.3) is 0 Å². The first-order chi connectivity index (χ1) is 39.5. The molecule has 0 saturated carbocycles. The normalized spacial score (nSPS) is 12.1. The van der Waals surface area contributed by atoms with Crippen molar-refractivity contribution in [2.24, 2.45) is 0 Å². The second-order valence-electron chi connectivity index (χ2n) is 24.9. The third-order valence-electron chi connectivity index (χ3n) is 16.7. The van der Waals surface area contributed by atoms with Crippen LogP contribution in [0.3, 0.4) is 0 Å². The van der Waals surface area contributed by atoms with Crippen LogP contribution in [0.5, 0.6) is 0 Å². The molecule has 0 aromatic rings. The molecule has 0 aliphatic heterocycles. The number of carbonyl (C=O) groups is 3. The molecule has 0 radical (unpaired) electrons. The van der Waals surface area contributed by atoms with Gasteiger partial charge in [-0.3, -0.25) is 14.4 Å². The minimum atomic E-state index is -0.764. The molecule has 0 N–H and O–H groups in total. The van der Waals surface area contributed by atoms with E-state index in [1.807, 2.05) is 0 Å². The topological polar surface area (TPSA) is 78.9 Å². The Balaban J connectivity index is 3.89. The molecular weight excluding hydrogens is 985 g/mol. The van der Waals surface area contributed by atoms with Gasteiger partial charge in [0.05, 0.1) is 0 Å². The van der Waals surface area contributed by atoms with E-state index in [-0.39, 0.29) is 31.1 Å². The number of rotatable bonds is 68. The average molecular weight is 1130 g/mol. The summed E-state index contributed by atoms with van der Waals surface area (Å²) in [5, 5.41) is 0. The molecule has 0 aliphatic carbocycles. The number of carbonyl (C=O) groups excluding carboxylic acids is 3. The van der Waals surface area contributed by atoms with Crippen molar-refractivity contribution >= 4 is 17.9 Å². The van der Waals surface area contributed by atoms with E-state index in [0.29, 0.717) is 19.3 Å². The van der Waals surface area contributed by atoms with Crippen LogP contribution in [0.1, 0.15) is 412 Å². The van der Waals surface area contributed by atoms with Gasteiger partial charge in [-0.15, -0.1) is 0 Å². The fourth-order valence-electron chi connectivity index (χ4n) is 11.2. The van der Waals surface area contributed by atoms with E-state index in [4.69, 9.17) is 14.2 Å². The fraction of sp³-hybridized carbons (Fsp3) is 0.905. The predicted molar refractivity (Wildman–Crippen MR) is 349 cm³/mol. The lowest BCUT2D eigenvalue weighted by Gasteiger charge is -2.18. The summed E-state index contributed by atoms with van der Waals surface area (Å²) in [5.74, 6) is -0.848. The molecule has 1 unspecified atom stereocenters. The Labute approximate surface area is 500 Å². The number of hydrogen-bond donors (Lipinski definition) is 0. The van der Waals surface area contributed by atoms with Gasteiger partial charge in [0.2, 0.25) is 0 Å². The second kappa shape index (κ2) is 69.4. The largest absolute Gasteiger partial charge is 0.462 e. The third kappa shape index (κ3) is 66.7. The lowest BCUT2D eigenvalue weighted by Crippen LogP contribution is -2.30. The van der Waals surface area contributed by atoms with Gasteiger partial charge < -0.3 is 14.2 Å². The summed E-state index contributed by atoms with van der Waals surface area (Å²) < 4.78 is 16.8. The maximum atomic E-state index is 12.9. The number of hydrogen-bond acceptors (Lipinski definition) is 6. The maximum Gasteiger partial charge on any atom is 0.306 e. The molecular formula is C74H140O6. The molecule has 0 heterocycles. The minimum absolute atomic E-state index is 0.0648. The van der Waals surface area contributed by atoms with Crippen LogP contribution in [-0.4, -0.2) is 37.2 Å². The Morgan fingerprint density at radius 1 is 0.250 bits per heavy atom. The van der Waals surface area contributed by atoms with Crippen molar-refractivity contribution in [1.82, 2.24) is 0 Å². The molecule has 0 bridgehead atoms. The first kappa shape index (κ1) is 77.9. The van der Waals surface area contributed by atoms with Crippen LogP contribution in [0.4, 0.5) is 0 Å². The Morgan fingerprint density at radius 2 is 0.450 bits per heavy atom. The van der Waals surface area contributed by atoms with Gasteiger partial charge in [0.1, 0.15) is 13.2 Å². The zero-order valence-electron chi connectivity index (χ0n) is 54.4. The monoisotopic (exact) mass is 1130 g/mol. The van der Waals surface area contributed by atoms with Gasteiger partial charge in [0.15, 0.2) is 6.10 Å². The Morgan fingerprint density at radius 3 is 0.688 bits per heavy atom. The lowest BCUT2D eigenvalue weighted by atomic mass is 10.0. The van der Waals surface area contributed by atoms with Crippen LogP contribution < -0.4 is 0 Å². The van der Waals surface area contributed by atoms with Gasteiger partial charge in [0, 0.05) is 19.3 Å². The molecule has 80 heavy (non-hydrogen) atoms. The lowest BCUT2D eigenvalue weighted by molar-refractivity contribution is -0.167. The van der Waals surface area contributed by atoms with E-state index >= 15 is 0 Å². The SMILES string of the molecule is CCCCCCC/C=C\C/C=C\CCCCCCCCCCCCCCCCCCCCCC(=O)OCC(COC(=O)CCCCCCC)OC(=O)CCCCCCCCCCCCCCCCCCCCCCCCCCCC. The summed E-state index contributed by atoms with van der Waals surface area (Å²) in [6.45, 7) is 6.63. The van der Waals surface area contributed by atoms with Gasteiger partial charge in [-0.25, -0.2) is 0 Å². The van der Waals surface area contributed by atoms with E-state index in [9.17, 15) is 14.4 Å². The van der Waals surface area contributed by atoms with Crippen LogP contribution in [0, 0.1) is 0 Å². The first-order valence-corrected chi connectivity index (χ1v) is 36.3. The van der Waals surface area contributed by atoms with Crippen molar-refractivity contribution in [3.8, 4) is 0 Å². The van der Waals surface area contributed by atoms with Crippen molar-refractivity contribution in [3.63, 3.8) is 0 Å². The third-order valence-corrected chi connectivity index (χ3v) is 16.7. The van der Waals surface area contributed by atoms with Gasteiger partial charge in [-0.1, -0.05) is 366 Å². The Hall–Kier alpha value is -2.11. The Kier molecular flexibility index (Phi) is 67.6. The quantitative estimate of drug-likeness (QED) is 0.0261. The molecule has 0 amide bonds. The van der Waals surface area contributed by atoms with E-state index in [2.05, 4.69) is 45.1 Å². The van der Waals surface area contributed by atoms with E-state index in [1.165, 1.54) is 302 Å². The first-order valence-electron chi connectivity index (χ1n) is 36.3. The van der Waals surface area contributed by atoms with Crippen molar-refractivity contribution in [2.45, 2.75) is 419 Å². The molecule has 6 nitrogen and oxygen atoms in total. The average Bonchev–Trinajstić information content (AvgIpc) is 3.46. The van der Waals surface area contributed by atoms with Crippen LogP contribution in [0.2, 0.25) is 0 Å². The highest BCUT2D eigenvalue weighted by Gasteiger charge is 2.19. The number of ether oxygens (including phenoxy) is 3. The highest BCUT2D eigenvalue weighted by molar-refractivity contribution is 5.71. The molecule has 6 heteroatoms. The van der Waals surface area contributed by atoms with Crippen molar-refractivity contribution < 1.29 is 28.6 Å². The van der Waals surface area contributed by atoms with Gasteiger partial charge >= 0.3 is 17.9 Å². The van der Waals surface area contributed by atoms with E-state index in [0.717, 1.165) is 70.6 Å². The zero-order valence-corrected chi connectivity index (χ0v) is 54.4. The highest BCUT2D eigenvalue weighted by Crippen LogP contribution is 2.19. The van der Waals surface area contributed by atoms with Crippen LogP contribution >= 0.6 is 0 Å². The van der Waals surface area contributed by atoms with Crippen LogP contribution in [0.15, 0.2) is 24.3 Å². The number of unbranched alkanes of at least 4 members (excludes halogenated alkanes) is 53. The zero-order chi connectivity index (χ0) is 57.8. The maximum absolute atomic E-state index is 12.9. The predicted octanol–water partition coefficient (Wildman–Crippen LogP) is 25.0. The molecule has 0 fully saturated rings. The van der Waals surface area contributed by atoms with E-state index < -0.39 is 6.10 Å². The van der Waals surface area contributed by atoms with Crippen LogP contribution in [-0.2, 0) is 28.6 Å². The van der Waals surface area contributed by atoms with Gasteiger partial charge in [-0.2, -0.15) is 0 Å². The smallest absolute Gasteiger partial charge is 0.306 e. The summed E-state index contributed by atoms with van der Waals surface area (Å²) in [4.78, 5) is 38.0. The Bertz CT molecular complexity index is 1290. The van der Waals surface area contributed by atoms with E-state index in [1.54, 1.807) is 0 Å². The fourth-order valence-corrected chi connectivity index (χ4v) is 11.2. The van der Waals surface area contributed by atoms with Crippen molar-refractivity contribution in [1.29, 1.82) is 0 Å². The van der Waals surface area contributed by atoms with Gasteiger partial charge in [-0.05, 0) is 51.4 Å². The molecule has 0 rings (SSSR count). The van der Waals surface area contributed by atoms with Crippen molar-refractivity contribution in [3.05, 3.63) is 24.3 Å².